The van der Waals surface area contributed by atoms with Crippen molar-refractivity contribution in [3.05, 3.63) is 35.4 Å². The third-order valence-corrected chi connectivity index (χ3v) is 4.48. The number of rotatable bonds is 10. The van der Waals surface area contributed by atoms with E-state index in [1.54, 1.807) is 0 Å². The van der Waals surface area contributed by atoms with Gasteiger partial charge in [-0.05, 0) is 43.5 Å². The van der Waals surface area contributed by atoms with Crippen LogP contribution in [-0.4, -0.2) is 55.2 Å². The van der Waals surface area contributed by atoms with E-state index in [1.165, 1.54) is 43.5 Å². The zero-order chi connectivity index (χ0) is 17.0. The van der Waals surface area contributed by atoms with Gasteiger partial charge < -0.3 is 20.6 Å². The van der Waals surface area contributed by atoms with Gasteiger partial charge in [-0.25, -0.2) is 0 Å². The van der Waals surface area contributed by atoms with E-state index in [1.807, 2.05) is 0 Å². The molecule has 1 aliphatic heterocycles. The number of likely N-dealkylation sites (tertiary alicyclic amines) is 1. The van der Waals surface area contributed by atoms with Crippen molar-refractivity contribution in [3.63, 3.8) is 0 Å². The molecule has 134 valence electrons. The standard InChI is InChI=1S/C19H31N3O2/c23-15-11-20-16-18-6-4-17(5-7-18)8-9-19(24)21-10-14-22-12-2-1-3-13-22/h4-7,20,23H,1-3,8-16H2,(H,21,24). The van der Waals surface area contributed by atoms with Gasteiger partial charge in [0, 0.05) is 32.6 Å². The first-order chi connectivity index (χ1) is 11.8. The summed E-state index contributed by atoms with van der Waals surface area (Å²) in [4.78, 5) is 14.4. The molecule has 1 aliphatic rings. The number of nitrogens with zero attached hydrogens (tertiary/aromatic N) is 1. The Balaban J connectivity index is 1.58. The fraction of sp³-hybridized carbons (Fsp3) is 0.632. The third-order valence-electron chi connectivity index (χ3n) is 4.48. The molecule has 0 atom stereocenters. The molecular formula is C19H31N3O2. The molecule has 0 aliphatic carbocycles. The molecule has 1 amide bonds. The number of carbonyl (C=O) groups excluding carboxylic acids is 1. The Morgan fingerprint density at radius 3 is 2.46 bits per heavy atom. The molecule has 0 radical (unpaired) electrons. The second kappa shape index (κ2) is 11.2. The maximum absolute atomic E-state index is 11.9. The Morgan fingerprint density at radius 2 is 1.75 bits per heavy atom. The average Bonchev–Trinajstić information content (AvgIpc) is 2.62. The van der Waals surface area contributed by atoms with E-state index in [0.29, 0.717) is 13.0 Å². The van der Waals surface area contributed by atoms with Crippen LogP contribution in [0.2, 0.25) is 0 Å². The summed E-state index contributed by atoms with van der Waals surface area (Å²) >= 11 is 0. The lowest BCUT2D eigenvalue weighted by Crippen LogP contribution is -2.37. The van der Waals surface area contributed by atoms with Gasteiger partial charge in [-0.2, -0.15) is 0 Å². The van der Waals surface area contributed by atoms with Crippen molar-refractivity contribution >= 4 is 5.91 Å². The van der Waals surface area contributed by atoms with Crippen LogP contribution >= 0.6 is 0 Å². The minimum Gasteiger partial charge on any atom is -0.395 e. The van der Waals surface area contributed by atoms with Crippen molar-refractivity contribution in [3.8, 4) is 0 Å². The summed E-state index contributed by atoms with van der Waals surface area (Å²) in [7, 11) is 0. The Labute approximate surface area is 145 Å². The normalized spacial score (nSPS) is 15.4. The van der Waals surface area contributed by atoms with Crippen LogP contribution in [0.5, 0.6) is 0 Å². The van der Waals surface area contributed by atoms with Crippen molar-refractivity contribution in [1.82, 2.24) is 15.5 Å². The summed E-state index contributed by atoms with van der Waals surface area (Å²) in [6, 6.07) is 8.32. The van der Waals surface area contributed by atoms with Crippen molar-refractivity contribution in [2.24, 2.45) is 0 Å². The van der Waals surface area contributed by atoms with Gasteiger partial charge in [-0.3, -0.25) is 4.79 Å². The minimum absolute atomic E-state index is 0.140. The Kier molecular flexibility index (Phi) is 8.81. The highest BCUT2D eigenvalue weighted by Crippen LogP contribution is 2.08. The van der Waals surface area contributed by atoms with Crippen LogP contribution in [0.1, 0.15) is 36.8 Å². The maximum Gasteiger partial charge on any atom is 0.220 e. The topological polar surface area (TPSA) is 64.6 Å². The van der Waals surface area contributed by atoms with Gasteiger partial charge in [0.25, 0.3) is 0 Å². The lowest BCUT2D eigenvalue weighted by Gasteiger charge is -2.26. The number of aliphatic hydroxyl groups excluding tert-OH is 1. The van der Waals surface area contributed by atoms with Crippen molar-refractivity contribution in [2.45, 2.75) is 38.6 Å². The van der Waals surface area contributed by atoms with Crippen LogP contribution in [0.3, 0.4) is 0 Å². The summed E-state index contributed by atoms with van der Waals surface area (Å²) in [5, 5.41) is 14.9. The van der Waals surface area contributed by atoms with Crippen molar-refractivity contribution in [1.29, 1.82) is 0 Å². The van der Waals surface area contributed by atoms with Gasteiger partial charge in [-0.15, -0.1) is 0 Å². The molecule has 5 heteroatoms. The number of piperidine rings is 1. The zero-order valence-electron chi connectivity index (χ0n) is 14.6. The van der Waals surface area contributed by atoms with Gasteiger partial charge in [0.1, 0.15) is 0 Å². The fourth-order valence-electron chi connectivity index (χ4n) is 3.02. The predicted octanol–water partition coefficient (Wildman–Crippen LogP) is 1.30. The molecule has 24 heavy (non-hydrogen) atoms. The van der Waals surface area contributed by atoms with Gasteiger partial charge in [0.2, 0.25) is 5.91 Å². The van der Waals surface area contributed by atoms with E-state index in [-0.39, 0.29) is 12.5 Å². The van der Waals surface area contributed by atoms with Crippen molar-refractivity contribution < 1.29 is 9.90 Å². The van der Waals surface area contributed by atoms with Crippen LogP contribution < -0.4 is 10.6 Å². The van der Waals surface area contributed by atoms with Gasteiger partial charge in [0.05, 0.1) is 6.61 Å². The minimum atomic E-state index is 0.140. The number of hydrogen-bond acceptors (Lipinski definition) is 4. The molecule has 2 rings (SSSR count). The summed E-state index contributed by atoms with van der Waals surface area (Å²) in [5.41, 5.74) is 2.38. The van der Waals surface area contributed by atoms with Crippen LogP contribution in [0.4, 0.5) is 0 Å². The smallest absolute Gasteiger partial charge is 0.220 e. The summed E-state index contributed by atoms with van der Waals surface area (Å²) in [5.74, 6) is 0.140. The molecule has 1 saturated heterocycles. The monoisotopic (exact) mass is 333 g/mol. The Morgan fingerprint density at radius 1 is 1.04 bits per heavy atom. The lowest BCUT2D eigenvalue weighted by atomic mass is 10.1. The Bertz CT molecular complexity index is 470. The largest absolute Gasteiger partial charge is 0.395 e. The van der Waals surface area contributed by atoms with E-state index in [4.69, 9.17) is 5.11 Å². The fourth-order valence-corrected chi connectivity index (χ4v) is 3.02. The number of aryl methyl sites for hydroxylation is 1. The first kappa shape index (κ1) is 18.9. The number of benzene rings is 1. The first-order valence-corrected chi connectivity index (χ1v) is 9.16. The summed E-state index contributed by atoms with van der Waals surface area (Å²) < 4.78 is 0. The molecule has 0 aromatic heterocycles. The SMILES string of the molecule is O=C(CCc1ccc(CNCCO)cc1)NCCN1CCCCC1. The number of nitrogens with one attached hydrogen (secondary N) is 2. The van der Waals surface area contributed by atoms with E-state index in [2.05, 4.69) is 39.8 Å². The highest BCUT2D eigenvalue weighted by molar-refractivity contribution is 5.76. The number of amides is 1. The van der Waals surface area contributed by atoms with Gasteiger partial charge in [-0.1, -0.05) is 30.7 Å². The second-order valence-electron chi connectivity index (χ2n) is 6.47. The van der Waals surface area contributed by atoms with Crippen LogP contribution in [0.25, 0.3) is 0 Å². The third kappa shape index (κ3) is 7.43. The molecule has 0 spiro atoms. The molecule has 5 nitrogen and oxygen atoms in total. The first-order valence-electron chi connectivity index (χ1n) is 9.16. The van der Waals surface area contributed by atoms with E-state index in [0.717, 1.165) is 26.1 Å². The molecule has 0 unspecified atom stereocenters. The van der Waals surface area contributed by atoms with Gasteiger partial charge in [0.15, 0.2) is 0 Å². The highest BCUT2D eigenvalue weighted by atomic mass is 16.3. The van der Waals surface area contributed by atoms with Gasteiger partial charge >= 0.3 is 0 Å². The predicted molar refractivity (Wildman–Crippen MR) is 96.9 cm³/mol. The lowest BCUT2D eigenvalue weighted by molar-refractivity contribution is -0.121. The van der Waals surface area contributed by atoms with E-state index >= 15 is 0 Å². The molecule has 1 heterocycles. The molecule has 3 N–H and O–H groups in total. The highest BCUT2D eigenvalue weighted by Gasteiger charge is 2.09. The molecule has 0 bridgehead atoms. The molecule has 1 fully saturated rings. The van der Waals surface area contributed by atoms with Crippen LogP contribution in [0, 0.1) is 0 Å². The average molecular weight is 333 g/mol. The van der Waals surface area contributed by atoms with Crippen LogP contribution in [0.15, 0.2) is 24.3 Å². The van der Waals surface area contributed by atoms with E-state index < -0.39 is 0 Å². The number of carbonyl (C=O) groups is 1. The number of hydrogen-bond donors (Lipinski definition) is 3. The quantitative estimate of drug-likeness (QED) is 0.565. The maximum atomic E-state index is 11.9. The molecule has 0 saturated carbocycles. The molecule has 1 aromatic carbocycles. The Hall–Kier alpha value is -1.43. The van der Waals surface area contributed by atoms with Crippen molar-refractivity contribution in [2.75, 3.05) is 39.3 Å². The van der Waals surface area contributed by atoms with E-state index in [9.17, 15) is 4.79 Å². The molecule has 1 aromatic rings. The molecular weight excluding hydrogens is 302 g/mol. The zero-order valence-corrected chi connectivity index (χ0v) is 14.6. The van der Waals surface area contributed by atoms with Crippen LogP contribution in [-0.2, 0) is 17.8 Å². The second-order valence-corrected chi connectivity index (χ2v) is 6.47. The summed E-state index contributed by atoms with van der Waals surface area (Å²) in [6.45, 7) is 5.61. The number of aliphatic hydroxyl groups is 1. The summed E-state index contributed by atoms with van der Waals surface area (Å²) in [6.07, 6.45) is 5.25.